The zero-order valence-electron chi connectivity index (χ0n) is 22.0. The Labute approximate surface area is 238 Å². The van der Waals surface area contributed by atoms with E-state index in [1.165, 1.54) is 12.1 Å². The number of H-pyrrole nitrogens is 2. The lowest BCUT2D eigenvalue weighted by atomic mass is 10.1. The van der Waals surface area contributed by atoms with Crippen molar-refractivity contribution in [2.45, 2.75) is 6.42 Å². The lowest BCUT2D eigenvalue weighted by Crippen LogP contribution is -2.14. The number of halogens is 1. The molecule has 5 aromatic heterocycles. The molecule has 0 aliphatic rings. The average molecular weight is 556 g/mol. The van der Waals surface area contributed by atoms with Crippen molar-refractivity contribution < 1.29 is 14.3 Å². The number of pyridine rings is 3. The highest BCUT2D eigenvalue weighted by Gasteiger charge is 2.16. The van der Waals surface area contributed by atoms with Gasteiger partial charge in [-0.2, -0.15) is 5.10 Å². The quantitative estimate of drug-likeness (QED) is 0.192. The Hall–Kier alpha value is -5.90. The van der Waals surface area contributed by atoms with E-state index in [1.807, 2.05) is 54.6 Å². The molecule has 204 valence electrons. The summed E-state index contributed by atoms with van der Waals surface area (Å²) in [6.45, 7) is 0. The Kier molecular flexibility index (Phi) is 6.12. The minimum Gasteiger partial charge on any atom is -0.508 e. The second-order valence-electron chi connectivity index (χ2n) is 9.87. The van der Waals surface area contributed by atoms with Gasteiger partial charge in [-0.05, 0) is 42.0 Å². The summed E-state index contributed by atoms with van der Waals surface area (Å²) in [5, 5.41) is 21.8. The molecular weight excluding hydrogens is 533 g/mol. The van der Waals surface area contributed by atoms with E-state index in [0.29, 0.717) is 28.3 Å². The van der Waals surface area contributed by atoms with Crippen LogP contribution in [0.3, 0.4) is 0 Å². The van der Waals surface area contributed by atoms with Gasteiger partial charge >= 0.3 is 0 Å². The summed E-state index contributed by atoms with van der Waals surface area (Å²) in [4.78, 5) is 29.3. The fourth-order valence-corrected chi connectivity index (χ4v) is 5.04. The number of hydrogen-bond acceptors (Lipinski definition) is 6. The molecule has 2 aromatic carbocycles. The van der Waals surface area contributed by atoms with Crippen molar-refractivity contribution in [2.24, 2.45) is 0 Å². The first kappa shape index (κ1) is 25.1. The van der Waals surface area contributed by atoms with Crippen molar-refractivity contribution >= 4 is 33.5 Å². The predicted octanol–water partition coefficient (Wildman–Crippen LogP) is 6.26. The SMILES string of the molecule is O=C(Cc1ccccc1)Nc1cncc(-c2cnc3n[nH]c(-c4cc5c(-c6cc(O)cc(F)c6)nccc5[nH]4)c3c2)c1. The molecule has 0 spiro atoms. The number of aromatic nitrogens is 6. The van der Waals surface area contributed by atoms with Crippen molar-refractivity contribution in [2.75, 3.05) is 5.32 Å². The Balaban J connectivity index is 1.22. The van der Waals surface area contributed by atoms with Crippen LogP contribution in [0.5, 0.6) is 5.75 Å². The molecule has 0 aliphatic carbocycles. The zero-order chi connectivity index (χ0) is 28.6. The zero-order valence-corrected chi connectivity index (χ0v) is 22.0. The molecule has 5 heterocycles. The molecule has 9 nitrogen and oxygen atoms in total. The fourth-order valence-electron chi connectivity index (χ4n) is 5.04. The van der Waals surface area contributed by atoms with E-state index in [-0.39, 0.29) is 18.1 Å². The first-order valence-electron chi connectivity index (χ1n) is 13.1. The molecule has 1 amide bonds. The number of nitrogens with zero attached hydrogens (tertiary/aromatic N) is 4. The standard InChI is InChI=1S/C32H22FN7O2/c33-22-9-19(11-24(41)13-22)30-25-14-28(38-27(25)6-7-35-30)31-26-12-21(16-36-32(26)40-39-31)20-10-23(17-34-15-20)37-29(42)8-18-4-2-1-3-5-18/h1-7,9-17,38,41H,8H2,(H,37,42)(H,36,39,40). The maximum absolute atomic E-state index is 14.0. The summed E-state index contributed by atoms with van der Waals surface area (Å²) < 4.78 is 14.0. The number of carbonyl (C=O) groups excluding carboxylic acids is 1. The number of carbonyl (C=O) groups is 1. The van der Waals surface area contributed by atoms with Crippen molar-refractivity contribution in [3.63, 3.8) is 0 Å². The molecule has 0 aliphatic heterocycles. The summed E-state index contributed by atoms with van der Waals surface area (Å²) in [5.74, 6) is -0.855. The Morgan fingerprint density at radius 2 is 1.74 bits per heavy atom. The van der Waals surface area contributed by atoms with Gasteiger partial charge < -0.3 is 15.4 Å². The summed E-state index contributed by atoms with van der Waals surface area (Å²) in [6.07, 6.45) is 6.92. The van der Waals surface area contributed by atoms with Crippen LogP contribution in [0, 0.1) is 5.82 Å². The lowest BCUT2D eigenvalue weighted by Gasteiger charge is -2.07. The van der Waals surface area contributed by atoms with E-state index >= 15 is 0 Å². The highest BCUT2D eigenvalue weighted by atomic mass is 19.1. The number of anilines is 1. The van der Waals surface area contributed by atoms with Gasteiger partial charge in [-0.3, -0.25) is 19.9 Å². The largest absolute Gasteiger partial charge is 0.508 e. The molecule has 4 N–H and O–H groups in total. The molecule has 0 saturated carbocycles. The van der Waals surface area contributed by atoms with Crippen molar-refractivity contribution in [3.8, 4) is 39.5 Å². The van der Waals surface area contributed by atoms with E-state index < -0.39 is 5.82 Å². The smallest absolute Gasteiger partial charge is 0.228 e. The van der Waals surface area contributed by atoms with Gasteiger partial charge in [-0.25, -0.2) is 9.37 Å². The predicted molar refractivity (Wildman–Crippen MR) is 158 cm³/mol. The number of benzene rings is 2. The van der Waals surface area contributed by atoms with Crippen LogP contribution in [0.2, 0.25) is 0 Å². The maximum atomic E-state index is 14.0. The molecule has 42 heavy (non-hydrogen) atoms. The van der Waals surface area contributed by atoms with Gasteiger partial charge in [0.25, 0.3) is 0 Å². The van der Waals surface area contributed by atoms with Crippen LogP contribution >= 0.6 is 0 Å². The molecule has 10 heteroatoms. The number of nitrogens with one attached hydrogen (secondary N) is 3. The summed E-state index contributed by atoms with van der Waals surface area (Å²) in [5.41, 5.74) is 6.85. The molecule has 0 saturated heterocycles. The number of hydrogen-bond donors (Lipinski definition) is 4. The summed E-state index contributed by atoms with van der Waals surface area (Å²) in [7, 11) is 0. The number of fused-ring (bicyclic) bond motifs is 2. The summed E-state index contributed by atoms with van der Waals surface area (Å²) >= 11 is 0. The van der Waals surface area contributed by atoms with Crippen LogP contribution in [0.25, 0.3) is 55.7 Å². The molecule has 0 radical (unpaired) electrons. The number of rotatable bonds is 6. The monoisotopic (exact) mass is 555 g/mol. The molecule has 0 unspecified atom stereocenters. The fraction of sp³-hybridized carbons (Fsp3) is 0.0312. The van der Waals surface area contributed by atoms with Crippen LogP contribution in [0.15, 0.2) is 97.6 Å². The van der Waals surface area contributed by atoms with Crippen molar-refractivity contribution in [1.29, 1.82) is 0 Å². The Bertz CT molecular complexity index is 2080. The molecule has 0 fully saturated rings. The third-order valence-electron chi connectivity index (χ3n) is 6.95. The third kappa shape index (κ3) is 4.81. The van der Waals surface area contributed by atoms with Crippen LogP contribution in [-0.2, 0) is 11.2 Å². The van der Waals surface area contributed by atoms with E-state index in [9.17, 15) is 14.3 Å². The van der Waals surface area contributed by atoms with Crippen LogP contribution < -0.4 is 5.32 Å². The molecule has 7 rings (SSSR count). The highest BCUT2D eigenvalue weighted by molar-refractivity contribution is 6.00. The Morgan fingerprint density at radius 3 is 2.60 bits per heavy atom. The number of amides is 1. The van der Waals surface area contributed by atoms with Gasteiger partial charge in [-0.15, -0.1) is 0 Å². The summed E-state index contributed by atoms with van der Waals surface area (Å²) in [6, 6.07) is 21.0. The number of aromatic amines is 2. The normalized spacial score (nSPS) is 11.3. The van der Waals surface area contributed by atoms with E-state index in [4.69, 9.17) is 0 Å². The average Bonchev–Trinajstić information content (AvgIpc) is 3.61. The van der Waals surface area contributed by atoms with Gasteiger partial charge in [0.05, 0.1) is 35.4 Å². The second kappa shape index (κ2) is 10.3. The van der Waals surface area contributed by atoms with Crippen LogP contribution in [0.4, 0.5) is 10.1 Å². The first-order valence-corrected chi connectivity index (χ1v) is 13.1. The van der Waals surface area contributed by atoms with Crippen molar-refractivity contribution in [1.82, 2.24) is 30.1 Å². The van der Waals surface area contributed by atoms with E-state index in [0.717, 1.165) is 44.7 Å². The third-order valence-corrected chi connectivity index (χ3v) is 6.95. The van der Waals surface area contributed by atoms with E-state index in [2.05, 4.69) is 35.5 Å². The van der Waals surface area contributed by atoms with Gasteiger partial charge in [0.2, 0.25) is 5.91 Å². The van der Waals surface area contributed by atoms with Gasteiger partial charge in [0.1, 0.15) is 11.6 Å². The molecule has 0 bridgehead atoms. The van der Waals surface area contributed by atoms with E-state index in [1.54, 1.807) is 24.8 Å². The number of phenols is 1. The number of aromatic hydroxyl groups is 1. The highest BCUT2D eigenvalue weighted by Crippen LogP contribution is 2.35. The van der Waals surface area contributed by atoms with Crippen molar-refractivity contribution in [3.05, 3.63) is 109 Å². The molecular formula is C32H22FN7O2. The van der Waals surface area contributed by atoms with Crippen LogP contribution in [-0.4, -0.2) is 41.1 Å². The van der Waals surface area contributed by atoms with Gasteiger partial charge in [-0.1, -0.05) is 30.3 Å². The lowest BCUT2D eigenvalue weighted by molar-refractivity contribution is -0.115. The minimum absolute atomic E-state index is 0.132. The van der Waals surface area contributed by atoms with Gasteiger partial charge in [0.15, 0.2) is 5.65 Å². The van der Waals surface area contributed by atoms with Crippen LogP contribution in [0.1, 0.15) is 5.56 Å². The minimum atomic E-state index is -0.549. The topological polar surface area (TPSA) is 132 Å². The second-order valence-corrected chi connectivity index (χ2v) is 9.87. The molecule has 7 aromatic rings. The Morgan fingerprint density at radius 1 is 0.881 bits per heavy atom. The molecule has 0 atom stereocenters. The maximum Gasteiger partial charge on any atom is 0.228 e. The first-order chi connectivity index (χ1) is 20.5. The number of phenolic OH excluding ortho intramolecular Hbond substituents is 1. The van der Waals surface area contributed by atoms with Gasteiger partial charge in [0, 0.05) is 57.6 Å².